The average Bonchev–Trinajstić information content (AvgIpc) is 0.803. The summed E-state index contributed by atoms with van der Waals surface area (Å²) in [5.41, 5.74) is 10.7. The number of carboxylic acid groups (broad SMARTS) is 1. The van der Waals surface area contributed by atoms with Crippen LogP contribution in [0.15, 0.2) is 0 Å². The van der Waals surface area contributed by atoms with Crippen molar-refractivity contribution in [3.05, 3.63) is 0 Å². The third-order valence-electron chi connectivity index (χ3n) is 13.2. The second-order valence-corrected chi connectivity index (χ2v) is 20.7. The van der Waals surface area contributed by atoms with Crippen LogP contribution in [0.3, 0.4) is 0 Å². The van der Waals surface area contributed by atoms with Crippen LogP contribution in [-0.4, -0.2) is 264 Å². The van der Waals surface area contributed by atoms with Crippen molar-refractivity contribution in [1.82, 2.24) is 63.8 Å². The van der Waals surface area contributed by atoms with E-state index in [0.717, 1.165) is 20.8 Å². The van der Waals surface area contributed by atoms with Crippen LogP contribution < -0.4 is 75.3 Å². The Kier molecular flexibility index (Phi) is 33.7. The summed E-state index contributed by atoms with van der Waals surface area (Å²) in [7, 11) is 0. The molecule has 16 atom stereocenters. The molecule has 21 N–H and O–H groups in total. The molecule has 0 aromatic carbocycles. The molecule has 0 aromatic heterocycles. The fourth-order valence-electron chi connectivity index (χ4n) is 8.32. The van der Waals surface area contributed by atoms with E-state index >= 15 is 0 Å². The Morgan fingerprint density at radius 2 is 1.06 bits per heavy atom. The van der Waals surface area contributed by atoms with E-state index in [0.29, 0.717) is 0 Å². The molecule has 0 saturated carbocycles. The molecule has 13 amide bonds. The van der Waals surface area contributed by atoms with E-state index in [4.69, 9.17) is 35.2 Å². The first-order chi connectivity index (χ1) is 42.2. The molecule has 90 heavy (non-hydrogen) atoms. The highest BCUT2D eigenvalue weighted by atomic mass is 16.7. The molecule has 2 fully saturated rings. The molecule has 0 aliphatic carbocycles. The SMILES string of the molecule is CC(=O)NC1C(OC2C(COC(C)=O)OC(O)C(NC(C)=O)C2OC(C)C(=O)NC(C)C(=O)NC(CCC(=O)NC(CCCCNC(=O)CNC(=O)CNC(=O)CNC(=O)CNC(=O)CN)C(=O)NC(C)C(=O)NC(C)C(=O)O)C(N)=O)OC(CO)C(O)C1O. The zero-order valence-electron chi connectivity index (χ0n) is 50.5. The summed E-state index contributed by atoms with van der Waals surface area (Å²) in [6.45, 7) is 3.96. The van der Waals surface area contributed by atoms with Gasteiger partial charge in [0.25, 0.3) is 0 Å². The number of aliphatic hydroxyl groups excluding tert-OH is 4. The van der Waals surface area contributed by atoms with Crippen LogP contribution in [0, 0.1) is 0 Å². The van der Waals surface area contributed by atoms with E-state index in [2.05, 4.69) is 63.8 Å². The van der Waals surface area contributed by atoms with Gasteiger partial charge >= 0.3 is 11.9 Å². The number of esters is 1. The second kappa shape index (κ2) is 39.0. The van der Waals surface area contributed by atoms with E-state index in [1.165, 1.54) is 27.7 Å². The number of carboxylic acids is 1. The highest BCUT2D eigenvalue weighted by molar-refractivity contribution is 5.95. The first-order valence-corrected chi connectivity index (χ1v) is 28.2. The lowest BCUT2D eigenvalue weighted by Gasteiger charge is -2.48. The second-order valence-electron chi connectivity index (χ2n) is 20.7. The van der Waals surface area contributed by atoms with Crippen molar-refractivity contribution in [2.45, 2.75) is 178 Å². The molecule has 2 aliphatic heterocycles. The van der Waals surface area contributed by atoms with Crippen LogP contribution in [0.1, 0.15) is 80.6 Å². The number of hydrogen-bond donors (Lipinski definition) is 19. The van der Waals surface area contributed by atoms with Crippen LogP contribution in [0.25, 0.3) is 0 Å². The summed E-state index contributed by atoms with van der Waals surface area (Å²) in [6.07, 6.45) is -16.3. The number of aliphatic carboxylic acids is 1. The van der Waals surface area contributed by atoms with Crippen molar-refractivity contribution in [2.75, 3.05) is 52.5 Å². The van der Waals surface area contributed by atoms with Gasteiger partial charge in [-0.2, -0.15) is 0 Å². The summed E-state index contributed by atoms with van der Waals surface area (Å²) in [4.78, 5) is 187. The number of unbranched alkanes of at least 4 members (excludes halogenated alkanes) is 1. The number of nitrogens with two attached hydrogens (primary N) is 2. The largest absolute Gasteiger partial charge is 0.480 e. The summed E-state index contributed by atoms with van der Waals surface area (Å²) < 4.78 is 28.8. The maximum absolute atomic E-state index is 13.8. The van der Waals surface area contributed by atoms with Crippen LogP contribution in [0.2, 0.25) is 0 Å². The topological polar surface area (TPSA) is 600 Å². The van der Waals surface area contributed by atoms with Crippen molar-refractivity contribution in [1.29, 1.82) is 0 Å². The predicted molar refractivity (Wildman–Crippen MR) is 300 cm³/mol. The van der Waals surface area contributed by atoms with Crippen LogP contribution >= 0.6 is 0 Å². The number of amides is 13. The van der Waals surface area contributed by atoms with Crippen molar-refractivity contribution < 1.29 is 121 Å². The molecule has 39 nitrogen and oxygen atoms in total. The quantitative estimate of drug-likeness (QED) is 0.0203. The lowest BCUT2D eigenvalue weighted by atomic mass is 9.94. The molecule has 16 unspecified atom stereocenters. The molecule has 39 heteroatoms. The Balaban J connectivity index is 2.16. The number of carbonyl (C=O) groups excluding carboxylic acids is 14. The zero-order valence-corrected chi connectivity index (χ0v) is 50.5. The van der Waals surface area contributed by atoms with E-state index in [9.17, 15) is 97.5 Å². The van der Waals surface area contributed by atoms with Crippen molar-refractivity contribution in [2.24, 2.45) is 11.5 Å². The van der Waals surface area contributed by atoms with E-state index in [-0.39, 0.29) is 32.4 Å². The Morgan fingerprint density at radius 1 is 0.544 bits per heavy atom. The van der Waals surface area contributed by atoms with Crippen LogP contribution in [0.4, 0.5) is 0 Å². The number of aliphatic hydroxyl groups is 4. The smallest absolute Gasteiger partial charge is 0.325 e. The highest BCUT2D eigenvalue weighted by Gasteiger charge is 2.53. The monoisotopic (exact) mass is 1290 g/mol. The fourth-order valence-corrected chi connectivity index (χ4v) is 8.32. The Bertz CT molecular complexity index is 2550. The molecule has 508 valence electrons. The fraction of sp³-hybridized carbons (Fsp3) is 0.706. The molecule has 2 aliphatic rings. The number of hydrogen-bond acceptors (Lipinski definition) is 25. The molecule has 0 bridgehead atoms. The van der Waals surface area contributed by atoms with Gasteiger partial charge in [0.2, 0.25) is 76.8 Å². The minimum absolute atomic E-state index is 0.0188. The first kappa shape index (κ1) is 77.8. The molecule has 0 aromatic rings. The number of ether oxygens (including phenoxy) is 5. The Labute approximate surface area is 514 Å². The molecule has 2 rings (SSSR count). The maximum Gasteiger partial charge on any atom is 0.325 e. The highest BCUT2D eigenvalue weighted by Crippen LogP contribution is 2.31. The van der Waals surface area contributed by atoms with Gasteiger partial charge in [0.15, 0.2) is 12.6 Å². The number of primary amides is 1. The Hall–Kier alpha value is -8.31. The van der Waals surface area contributed by atoms with Gasteiger partial charge in [-0.15, -0.1) is 0 Å². The normalized spacial score (nSPS) is 23.1. The van der Waals surface area contributed by atoms with Gasteiger partial charge < -0.3 is 124 Å². The third-order valence-corrected chi connectivity index (χ3v) is 13.2. The third kappa shape index (κ3) is 27.6. The molecule has 0 spiro atoms. The van der Waals surface area contributed by atoms with Gasteiger partial charge in [0.05, 0.1) is 39.3 Å². The first-order valence-electron chi connectivity index (χ1n) is 28.2. The summed E-state index contributed by atoms with van der Waals surface area (Å²) in [6, 6.07) is -10.4. The minimum atomic E-state index is -1.97. The summed E-state index contributed by atoms with van der Waals surface area (Å²) >= 11 is 0. The lowest BCUT2D eigenvalue weighted by Crippen LogP contribution is -2.70. The summed E-state index contributed by atoms with van der Waals surface area (Å²) in [5, 5.41) is 79.8. The molecule has 2 heterocycles. The zero-order chi connectivity index (χ0) is 68.1. The number of carbonyl (C=O) groups is 15. The maximum atomic E-state index is 13.8. The van der Waals surface area contributed by atoms with Gasteiger partial charge in [0.1, 0.15) is 91.6 Å². The Morgan fingerprint density at radius 3 is 1.57 bits per heavy atom. The lowest BCUT2D eigenvalue weighted by molar-refractivity contribution is -0.333. The van der Waals surface area contributed by atoms with Crippen molar-refractivity contribution in [3.63, 3.8) is 0 Å². The van der Waals surface area contributed by atoms with Gasteiger partial charge in [-0.05, 0) is 53.4 Å². The number of rotatable bonds is 37. The standard InChI is InChI=1S/C51H84N14O25/c1-21(45(79)61-23(3)49(83)84)60-48(82)29(10-8-9-13-54-34(72)15-56-36(74)17-58-37(75)18-57-35(73)16-55-33(71)14-52)64-32(70)12-11-28(44(53)78)65-46(80)22(2)59-47(81)24(4)87-43-39(63-26(6)68)50(85)88-31(20-86-27(7)69)42(43)90-51-38(62-25(5)67)41(77)40(76)30(19-66)89-51/h21-24,28-31,38-43,50-51,66,76-77,85H,8-20,52H2,1-7H3,(H2,53,78)(H,54,72)(H,55,71)(H,56,74)(H,57,73)(H,58,75)(H,59,81)(H,60,82)(H,61,79)(H,62,67)(H,63,68)(H,64,70)(H,65,80)(H,83,84). The molecule has 2 saturated heterocycles. The molecule has 0 radical (unpaired) electrons. The van der Waals surface area contributed by atoms with Gasteiger partial charge in [-0.1, -0.05) is 0 Å². The van der Waals surface area contributed by atoms with Crippen molar-refractivity contribution in [3.8, 4) is 0 Å². The van der Waals surface area contributed by atoms with E-state index in [1.807, 2.05) is 0 Å². The minimum Gasteiger partial charge on any atom is -0.480 e. The summed E-state index contributed by atoms with van der Waals surface area (Å²) in [5.74, 6) is -13.1. The van der Waals surface area contributed by atoms with Crippen LogP contribution in [-0.2, 0) is 95.6 Å². The van der Waals surface area contributed by atoms with Gasteiger partial charge in [-0.25, -0.2) is 0 Å². The molecular weight excluding hydrogens is 1210 g/mol. The van der Waals surface area contributed by atoms with E-state index < -0.39 is 239 Å². The average molecular weight is 1290 g/mol. The van der Waals surface area contributed by atoms with Crippen LogP contribution in [0.5, 0.6) is 0 Å². The van der Waals surface area contributed by atoms with Gasteiger partial charge in [-0.3, -0.25) is 71.9 Å². The number of nitrogens with one attached hydrogen (secondary N) is 12. The van der Waals surface area contributed by atoms with Gasteiger partial charge in [0, 0.05) is 33.7 Å². The predicted octanol–water partition coefficient (Wildman–Crippen LogP) is -11.6. The molecular formula is C51H84N14O25. The van der Waals surface area contributed by atoms with Crippen molar-refractivity contribution >= 4 is 88.7 Å². The van der Waals surface area contributed by atoms with E-state index in [1.54, 1.807) is 0 Å².